The van der Waals surface area contributed by atoms with Gasteiger partial charge in [0.25, 0.3) is 0 Å². The fourth-order valence-electron chi connectivity index (χ4n) is 2.17. The Bertz CT molecular complexity index is 415. The van der Waals surface area contributed by atoms with Crippen LogP contribution in [0.15, 0.2) is 18.2 Å². The second kappa shape index (κ2) is 7.77. The Hall–Kier alpha value is -0.900. The quantitative estimate of drug-likeness (QED) is 0.740. The summed E-state index contributed by atoms with van der Waals surface area (Å²) in [6, 6.07) is 6.80. The van der Waals surface area contributed by atoms with Crippen LogP contribution in [-0.4, -0.2) is 33.0 Å². The molecular formula is C17H29NO2. The molecular weight excluding hydrogens is 250 g/mol. The van der Waals surface area contributed by atoms with Crippen molar-refractivity contribution in [1.82, 2.24) is 5.32 Å². The maximum absolute atomic E-state index is 5.82. The lowest BCUT2D eigenvalue weighted by Crippen LogP contribution is -2.27. The molecule has 0 heterocycles. The lowest BCUT2D eigenvalue weighted by molar-refractivity contribution is -0.0122. The second-order valence-electron chi connectivity index (χ2n) is 5.99. The Balaban J connectivity index is 2.51. The van der Waals surface area contributed by atoms with E-state index in [1.807, 2.05) is 7.05 Å². The number of hydrogen-bond acceptors (Lipinski definition) is 3. The van der Waals surface area contributed by atoms with Crippen molar-refractivity contribution in [2.75, 3.05) is 27.4 Å². The van der Waals surface area contributed by atoms with E-state index in [0.29, 0.717) is 13.2 Å². The number of ether oxygens (including phenoxy) is 2. The van der Waals surface area contributed by atoms with Gasteiger partial charge in [0.2, 0.25) is 0 Å². The van der Waals surface area contributed by atoms with Crippen LogP contribution in [0, 0.1) is 13.8 Å². The van der Waals surface area contributed by atoms with Crippen molar-refractivity contribution >= 4 is 0 Å². The van der Waals surface area contributed by atoms with Crippen LogP contribution in [0.25, 0.3) is 0 Å². The fourth-order valence-corrected chi connectivity index (χ4v) is 2.17. The average molecular weight is 279 g/mol. The van der Waals surface area contributed by atoms with E-state index in [4.69, 9.17) is 9.47 Å². The normalized spacial score (nSPS) is 13.5. The number of methoxy groups -OCH3 is 1. The lowest BCUT2D eigenvalue weighted by atomic mass is 10.00. The van der Waals surface area contributed by atoms with E-state index in [1.54, 1.807) is 7.11 Å². The molecule has 0 fully saturated rings. The zero-order chi connectivity index (χ0) is 15.2. The summed E-state index contributed by atoms with van der Waals surface area (Å²) in [6.07, 6.45) is 0.896. The van der Waals surface area contributed by atoms with Gasteiger partial charge in [-0.2, -0.15) is 0 Å². The summed E-state index contributed by atoms with van der Waals surface area (Å²) < 4.78 is 11.2. The second-order valence-corrected chi connectivity index (χ2v) is 5.99. The minimum absolute atomic E-state index is 0.116. The maximum atomic E-state index is 5.82. The third kappa shape index (κ3) is 5.23. The smallest absolute Gasteiger partial charge is 0.0661 e. The molecule has 1 aromatic rings. The van der Waals surface area contributed by atoms with E-state index in [1.165, 1.54) is 16.7 Å². The molecule has 0 radical (unpaired) electrons. The standard InChI is InChI=1S/C17H29NO2/c1-13-7-8-15(14(2)11-13)16(18-5)12-20-10-9-17(3,4)19-6/h7-8,11,16,18H,9-10,12H2,1-6H3. The van der Waals surface area contributed by atoms with Crippen LogP contribution < -0.4 is 5.32 Å². The van der Waals surface area contributed by atoms with Gasteiger partial charge in [0.15, 0.2) is 0 Å². The number of benzene rings is 1. The molecule has 1 aromatic carbocycles. The number of likely N-dealkylation sites (N-methyl/N-ethyl adjacent to an activating group) is 1. The third-order valence-electron chi connectivity index (χ3n) is 3.83. The lowest BCUT2D eigenvalue weighted by Gasteiger charge is -2.24. The highest BCUT2D eigenvalue weighted by Crippen LogP contribution is 2.20. The van der Waals surface area contributed by atoms with Gasteiger partial charge < -0.3 is 14.8 Å². The molecule has 0 aliphatic rings. The predicted octanol–water partition coefficient (Wildman–Crippen LogP) is 3.40. The van der Waals surface area contributed by atoms with Crippen LogP contribution in [0.2, 0.25) is 0 Å². The summed E-state index contributed by atoms with van der Waals surface area (Å²) in [5.41, 5.74) is 3.80. The van der Waals surface area contributed by atoms with E-state index in [0.717, 1.165) is 6.42 Å². The topological polar surface area (TPSA) is 30.5 Å². The first-order valence-corrected chi connectivity index (χ1v) is 7.27. The van der Waals surface area contributed by atoms with Crippen molar-refractivity contribution in [2.45, 2.75) is 45.8 Å². The molecule has 0 aromatic heterocycles. The van der Waals surface area contributed by atoms with Crippen LogP contribution in [-0.2, 0) is 9.47 Å². The molecule has 1 rings (SSSR count). The van der Waals surface area contributed by atoms with Crippen LogP contribution in [0.1, 0.15) is 43.0 Å². The van der Waals surface area contributed by atoms with Gasteiger partial charge in [0.05, 0.1) is 18.2 Å². The van der Waals surface area contributed by atoms with Gasteiger partial charge >= 0.3 is 0 Å². The Morgan fingerprint density at radius 1 is 1.25 bits per heavy atom. The summed E-state index contributed by atoms with van der Waals surface area (Å²) >= 11 is 0. The molecule has 20 heavy (non-hydrogen) atoms. The van der Waals surface area contributed by atoms with Gasteiger partial charge in [-0.15, -0.1) is 0 Å². The first-order chi connectivity index (χ1) is 9.39. The molecule has 3 nitrogen and oxygen atoms in total. The third-order valence-corrected chi connectivity index (χ3v) is 3.83. The minimum atomic E-state index is -0.116. The first kappa shape index (κ1) is 17.2. The number of hydrogen-bond donors (Lipinski definition) is 1. The molecule has 0 saturated heterocycles. The monoisotopic (exact) mass is 279 g/mol. The van der Waals surface area contributed by atoms with Crippen molar-refractivity contribution in [3.63, 3.8) is 0 Å². The van der Waals surface area contributed by atoms with Gasteiger partial charge in [0, 0.05) is 13.7 Å². The molecule has 1 N–H and O–H groups in total. The summed E-state index contributed by atoms with van der Waals surface area (Å²) in [5, 5.41) is 3.33. The average Bonchev–Trinajstić information content (AvgIpc) is 2.40. The zero-order valence-corrected chi connectivity index (χ0v) is 13.7. The van der Waals surface area contributed by atoms with Crippen molar-refractivity contribution < 1.29 is 9.47 Å². The van der Waals surface area contributed by atoms with Crippen LogP contribution >= 0.6 is 0 Å². The summed E-state index contributed by atoms with van der Waals surface area (Å²) in [7, 11) is 3.72. The van der Waals surface area contributed by atoms with Crippen LogP contribution in [0.4, 0.5) is 0 Å². The molecule has 0 amide bonds. The molecule has 0 aliphatic heterocycles. The van der Waals surface area contributed by atoms with E-state index in [2.05, 4.69) is 51.2 Å². The summed E-state index contributed by atoms with van der Waals surface area (Å²) in [4.78, 5) is 0. The Morgan fingerprint density at radius 3 is 2.50 bits per heavy atom. The fraction of sp³-hybridized carbons (Fsp3) is 0.647. The van der Waals surface area contributed by atoms with Gasteiger partial charge in [-0.1, -0.05) is 23.8 Å². The Kier molecular flexibility index (Phi) is 6.66. The molecule has 0 saturated carbocycles. The van der Waals surface area contributed by atoms with Gasteiger partial charge in [-0.3, -0.25) is 0 Å². The summed E-state index contributed by atoms with van der Waals surface area (Å²) in [6.45, 7) is 9.82. The van der Waals surface area contributed by atoms with Gasteiger partial charge in [0.1, 0.15) is 0 Å². The summed E-state index contributed by atoms with van der Waals surface area (Å²) in [5.74, 6) is 0. The minimum Gasteiger partial charge on any atom is -0.379 e. The number of rotatable bonds is 8. The highest BCUT2D eigenvalue weighted by molar-refractivity contribution is 5.32. The highest BCUT2D eigenvalue weighted by atomic mass is 16.5. The first-order valence-electron chi connectivity index (χ1n) is 7.27. The van der Waals surface area contributed by atoms with Crippen molar-refractivity contribution in [3.05, 3.63) is 34.9 Å². The van der Waals surface area contributed by atoms with E-state index < -0.39 is 0 Å². The largest absolute Gasteiger partial charge is 0.379 e. The van der Waals surface area contributed by atoms with Crippen molar-refractivity contribution in [1.29, 1.82) is 0 Å². The van der Waals surface area contributed by atoms with E-state index in [-0.39, 0.29) is 11.6 Å². The SMILES string of the molecule is CNC(COCCC(C)(C)OC)c1ccc(C)cc1C. The maximum Gasteiger partial charge on any atom is 0.0661 e. The molecule has 0 bridgehead atoms. The van der Waals surface area contributed by atoms with Gasteiger partial charge in [-0.25, -0.2) is 0 Å². The Labute approximate surface area is 123 Å². The Morgan fingerprint density at radius 2 is 1.95 bits per heavy atom. The molecule has 0 spiro atoms. The molecule has 114 valence electrons. The van der Waals surface area contributed by atoms with E-state index >= 15 is 0 Å². The number of aryl methyl sites for hydroxylation is 2. The van der Waals surface area contributed by atoms with Crippen molar-refractivity contribution in [2.24, 2.45) is 0 Å². The number of nitrogens with one attached hydrogen (secondary N) is 1. The molecule has 1 unspecified atom stereocenters. The predicted molar refractivity (Wildman–Crippen MR) is 84.2 cm³/mol. The zero-order valence-electron chi connectivity index (χ0n) is 13.7. The molecule has 3 heteroatoms. The van der Waals surface area contributed by atoms with Crippen LogP contribution in [0.3, 0.4) is 0 Å². The van der Waals surface area contributed by atoms with E-state index in [9.17, 15) is 0 Å². The molecule has 0 aliphatic carbocycles. The highest BCUT2D eigenvalue weighted by Gasteiger charge is 2.17. The molecule has 1 atom stereocenters. The van der Waals surface area contributed by atoms with Crippen molar-refractivity contribution in [3.8, 4) is 0 Å². The van der Waals surface area contributed by atoms with Gasteiger partial charge in [-0.05, 0) is 52.3 Å². The van der Waals surface area contributed by atoms with Crippen LogP contribution in [0.5, 0.6) is 0 Å².